The van der Waals surface area contributed by atoms with E-state index >= 15 is 0 Å². The van der Waals surface area contributed by atoms with Crippen LogP contribution in [0.4, 0.5) is 0 Å². The van der Waals surface area contributed by atoms with E-state index in [1.165, 1.54) is 5.56 Å². The summed E-state index contributed by atoms with van der Waals surface area (Å²) in [4.78, 5) is 0. The Balaban J connectivity index is 0.000000146. The third-order valence-electron chi connectivity index (χ3n) is 1.75. The molecule has 0 heterocycles. The Morgan fingerprint density at radius 2 is 1.00 bits per heavy atom. The van der Waals surface area contributed by atoms with Crippen molar-refractivity contribution in [2.24, 2.45) is 5.73 Å². The molecule has 14 heavy (non-hydrogen) atoms. The van der Waals surface area contributed by atoms with Crippen molar-refractivity contribution in [2.45, 2.75) is 6.54 Å². The van der Waals surface area contributed by atoms with Crippen LogP contribution in [0.15, 0.2) is 66.7 Å². The molecule has 1 nitrogen and oxygen atoms in total. The minimum absolute atomic E-state index is 0.640. The summed E-state index contributed by atoms with van der Waals surface area (Å²) in [5.74, 6) is 0. The van der Waals surface area contributed by atoms with Gasteiger partial charge in [-0.25, -0.2) is 0 Å². The van der Waals surface area contributed by atoms with E-state index < -0.39 is 0 Å². The van der Waals surface area contributed by atoms with Crippen molar-refractivity contribution in [3.05, 3.63) is 72.3 Å². The van der Waals surface area contributed by atoms with E-state index in [4.69, 9.17) is 5.73 Å². The van der Waals surface area contributed by atoms with E-state index in [-0.39, 0.29) is 0 Å². The molecule has 0 amide bonds. The van der Waals surface area contributed by atoms with Gasteiger partial charge in [0.25, 0.3) is 0 Å². The molecular formula is C13H15N. The lowest BCUT2D eigenvalue weighted by Crippen LogP contribution is -1.94. The largest absolute Gasteiger partial charge is 0.326 e. The first-order chi connectivity index (χ1) is 6.93. The van der Waals surface area contributed by atoms with Gasteiger partial charge in [0.1, 0.15) is 0 Å². The average molecular weight is 185 g/mol. The Kier molecular flexibility index (Phi) is 5.14. The molecule has 0 saturated heterocycles. The van der Waals surface area contributed by atoms with E-state index in [9.17, 15) is 0 Å². The zero-order valence-corrected chi connectivity index (χ0v) is 8.14. The summed E-state index contributed by atoms with van der Waals surface area (Å²) in [5, 5.41) is 0. The molecule has 2 aromatic rings. The monoisotopic (exact) mass is 185 g/mol. The fourth-order valence-electron chi connectivity index (χ4n) is 0.999. The highest BCUT2D eigenvalue weighted by Gasteiger charge is 1.80. The molecule has 2 rings (SSSR count). The van der Waals surface area contributed by atoms with Crippen LogP contribution in [0, 0.1) is 0 Å². The summed E-state index contributed by atoms with van der Waals surface area (Å²) in [6.07, 6.45) is 0. The number of benzene rings is 2. The van der Waals surface area contributed by atoms with Crippen LogP contribution in [0.1, 0.15) is 5.56 Å². The lowest BCUT2D eigenvalue weighted by atomic mass is 10.2. The first kappa shape index (κ1) is 10.5. The molecule has 2 aromatic carbocycles. The van der Waals surface area contributed by atoms with E-state index in [0.717, 1.165) is 0 Å². The maximum atomic E-state index is 5.35. The third kappa shape index (κ3) is 4.43. The van der Waals surface area contributed by atoms with Crippen LogP contribution >= 0.6 is 0 Å². The second-order valence-electron chi connectivity index (χ2n) is 2.84. The number of hydrogen-bond acceptors (Lipinski definition) is 1. The quantitative estimate of drug-likeness (QED) is 0.726. The van der Waals surface area contributed by atoms with Gasteiger partial charge in [0.2, 0.25) is 0 Å². The molecule has 0 aliphatic carbocycles. The van der Waals surface area contributed by atoms with Crippen LogP contribution in [-0.4, -0.2) is 0 Å². The minimum Gasteiger partial charge on any atom is -0.326 e. The van der Waals surface area contributed by atoms with Crippen molar-refractivity contribution in [3.8, 4) is 0 Å². The maximum Gasteiger partial charge on any atom is 0.0178 e. The van der Waals surface area contributed by atoms with E-state index in [1.54, 1.807) is 0 Å². The SMILES string of the molecule is NCc1ccccc1.c1ccccc1. The van der Waals surface area contributed by atoms with Gasteiger partial charge >= 0.3 is 0 Å². The van der Waals surface area contributed by atoms with Crippen molar-refractivity contribution in [1.82, 2.24) is 0 Å². The first-order valence-corrected chi connectivity index (χ1v) is 4.67. The summed E-state index contributed by atoms with van der Waals surface area (Å²) in [5.41, 5.74) is 6.54. The Morgan fingerprint density at radius 3 is 1.29 bits per heavy atom. The topological polar surface area (TPSA) is 26.0 Å². The van der Waals surface area contributed by atoms with Gasteiger partial charge in [-0.15, -0.1) is 0 Å². The van der Waals surface area contributed by atoms with Gasteiger partial charge in [0.05, 0.1) is 0 Å². The number of nitrogens with two attached hydrogens (primary N) is 1. The predicted octanol–water partition coefficient (Wildman–Crippen LogP) is 2.83. The highest BCUT2D eigenvalue weighted by atomic mass is 14.5. The fraction of sp³-hybridized carbons (Fsp3) is 0.0769. The Labute approximate surface area is 85.2 Å². The van der Waals surface area contributed by atoms with Gasteiger partial charge in [-0.2, -0.15) is 0 Å². The molecule has 0 bridgehead atoms. The van der Waals surface area contributed by atoms with Gasteiger partial charge in [-0.05, 0) is 5.56 Å². The second-order valence-corrected chi connectivity index (χ2v) is 2.84. The standard InChI is InChI=1S/C7H9N.C6H6/c8-6-7-4-2-1-3-5-7;1-2-4-6-5-3-1/h1-5H,6,8H2;1-6H. The Bertz CT molecular complexity index is 289. The zero-order valence-electron chi connectivity index (χ0n) is 8.14. The lowest BCUT2D eigenvalue weighted by molar-refractivity contribution is 1.07. The number of rotatable bonds is 1. The summed E-state index contributed by atoms with van der Waals surface area (Å²) < 4.78 is 0. The molecule has 0 unspecified atom stereocenters. The molecule has 72 valence electrons. The molecule has 0 aromatic heterocycles. The Hall–Kier alpha value is -1.60. The molecule has 1 heteroatoms. The van der Waals surface area contributed by atoms with Gasteiger partial charge in [0, 0.05) is 6.54 Å². The number of hydrogen-bond donors (Lipinski definition) is 1. The molecule has 2 N–H and O–H groups in total. The van der Waals surface area contributed by atoms with Crippen LogP contribution in [0.5, 0.6) is 0 Å². The van der Waals surface area contributed by atoms with Crippen molar-refractivity contribution in [2.75, 3.05) is 0 Å². The summed E-state index contributed by atoms with van der Waals surface area (Å²) in [6, 6.07) is 22.0. The molecule has 0 aliphatic rings. The van der Waals surface area contributed by atoms with Gasteiger partial charge in [-0.3, -0.25) is 0 Å². The van der Waals surface area contributed by atoms with Gasteiger partial charge in [0.15, 0.2) is 0 Å². The molecule has 0 spiro atoms. The highest BCUT2D eigenvalue weighted by molar-refractivity contribution is 5.13. The minimum atomic E-state index is 0.640. The normalized spacial score (nSPS) is 8.64. The second kappa shape index (κ2) is 6.87. The van der Waals surface area contributed by atoms with E-state index in [0.29, 0.717) is 6.54 Å². The van der Waals surface area contributed by atoms with Crippen molar-refractivity contribution < 1.29 is 0 Å². The average Bonchev–Trinajstić information content (AvgIpc) is 2.33. The van der Waals surface area contributed by atoms with Crippen LogP contribution in [0.25, 0.3) is 0 Å². The third-order valence-corrected chi connectivity index (χ3v) is 1.75. The van der Waals surface area contributed by atoms with Crippen LogP contribution < -0.4 is 5.73 Å². The zero-order chi connectivity index (χ0) is 10.1. The lowest BCUT2D eigenvalue weighted by Gasteiger charge is -1.90. The summed E-state index contributed by atoms with van der Waals surface area (Å²) >= 11 is 0. The molecular weight excluding hydrogens is 170 g/mol. The van der Waals surface area contributed by atoms with Crippen molar-refractivity contribution in [1.29, 1.82) is 0 Å². The maximum absolute atomic E-state index is 5.35. The predicted molar refractivity (Wildman–Crippen MR) is 60.8 cm³/mol. The van der Waals surface area contributed by atoms with E-state index in [1.807, 2.05) is 66.7 Å². The van der Waals surface area contributed by atoms with Crippen LogP contribution in [-0.2, 0) is 6.54 Å². The summed E-state index contributed by atoms with van der Waals surface area (Å²) in [6.45, 7) is 0.640. The van der Waals surface area contributed by atoms with Gasteiger partial charge in [-0.1, -0.05) is 66.7 Å². The molecule has 0 fully saturated rings. The molecule has 0 saturated carbocycles. The Morgan fingerprint density at radius 1 is 0.643 bits per heavy atom. The van der Waals surface area contributed by atoms with Crippen molar-refractivity contribution in [3.63, 3.8) is 0 Å². The molecule has 0 aliphatic heterocycles. The fourth-order valence-corrected chi connectivity index (χ4v) is 0.999. The molecule has 0 atom stereocenters. The van der Waals surface area contributed by atoms with Crippen LogP contribution in [0.2, 0.25) is 0 Å². The van der Waals surface area contributed by atoms with Gasteiger partial charge < -0.3 is 5.73 Å². The van der Waals surface area contributed by atoms with Crippen molar-refractivity contribution >= 4 is 0 Å². The molecule has 0 radical (unpaired) electrons. The highest BCUT2D eigenvalue weighted by Crippen LogP contribution is 1.94. The smallest absolute Gasteiger partial charge is 0.0178 e. The van der Waals surface area contributed by atoms with Crippen LogP contribution in [0.3, 0.4) is 0 Å². The summed E-state index contributed by atoms with van der Waals surface area (Å²) in [7, 11) is 0. The van der Waals surface area contributed by atoms with E-state index in [2.05, 4.69) is 0 Å². The first-order valence-electron chi connectivity index (χ1n) is 4.67.